The molecule has 0 saturated heterocycles. The van der Waals surface area contributed by atoms with Crippen LogP contribution in [0.2, 0.25) is 4.34 Å². The lowest BCUT2D eigenvalue weighted by molar-refractivity contribution is 0.538. The fourth-order valence-electron chi connectivity index (χ4n) is 1.79. The van der Waals surface area contributed by atoms with Gasteiger partial charge in [0, 0.05) is 26.7 Å². The van der Waals surface area contributed by atoms with Gasteiger partial charge in [0.2, 0.25) is 0 Å². The fourth-order valence-corrected chi connectivity index (χ4v) is 4.65. The highest BCUT2D eigenvalue weighted by molar-refractivity contribution is 9.10. The Bertz CT molecular complexity index is 495. The highest BCUT2D eigenvalue weighted by Gasteiger charge is 2.16. The maximum Gasteiger partial charge on any atom is 0.0931 e. The summed E-state index contributed by atoms with van der Waals surface area (Å²) in [5.41, 5.74) is 0. The quantitative estimate of drug-likeness (QED) is 0.712. The molecule has 0 radical (unpaired) electrons. The molecular weight excluding hydrogens is 350 g/mol. The van der Waals surface area contributed by atoms with E-state index >= 15 is 0 Å². The molecule has 0 aromatic carbocycles. The van der Waals surface area contributed by atoms with Crippen LogP contribution in [-0.2, 0) is 6.42 Å². The van der Waals surface area contributed by atoms with E-state index in [0.29, 0.717) is 6.04 Å². The first kappa shape index (κ1) is 14.5. The molecule has 0 aliphatic rings. The molecule has 1 N–H and O–H groups in total. The van der Waals surface area contributed by atoms with E-state index in [9.17, 15) is 0 Å². The lowest BCUT2D eigenvalue weighted by Gasteiger charge is -2.17. The Morgan fingerprint density at radius 2 is 2.22 bits per heavy atom. The highest BCUT2D eigenvalue weighted by atomic mass is 79.9. The van der Waals surface area contributed by atoms with Gasteiger partial charge in [-0.15, -0.1) is 22.7 Å². The molecule has 0 fully saturated rings. The zero-order valence-corrected chi connectivity index (χ0v) is 14.1. The van der Waals surface area contributed by atoms with E-state index in [2.05, 4.69) is 45.7 Å². The summed E-state index contributed by atoms with van der Waals surface area (Å²) < 4.78 is 2.06. The summed E-state index contributed by atoms with van der Waals surface area (Å²) in [6, 6.07) is 6.58. The minimum Gasteiger partial charge on any atom is -0.309 e. The van der Waals surface area contributed by atoms with Gasteiger partial charge in [0.05, 0.1) is 4.34 Å². The van der Waals surface area contributed by atoms with Crippen molar-refractivity contribution in [3.05, 3.63) is 42.1 Å². The average Bonchev–Trinajstić information content (AvgIpc) is 2.93. The standard InChI is InChI=1S/C13H15BrClNS2/c1-2-6-16-11(13-10(14)5-7-17-13)8-9-3-4-12(15)18-9/h3-5,7,11,16H,2,6,8H2,1H3. The number of hydrogen-bond acceptors (Lipinski definition) is 3. The van der Waals surface area contributed by atoms with Crippen molar-refractivity contribution >= 4 is 50.2 Å². The van der Waals surface area contributed by atoms with Crippen molar-refractivity contribution in [3.63, 3.8) is 0 Å². The summed E-state index contributed by atoms with van der Waals surface area (Å²) in [6.45, 7) is 3.23. The van der Waals surface area contributed by atoms with Crippen LogP contribution >= 0.6 is 50.2 Å². The topological polar surface area (TPSA) is 12.0 Å². The molecule has 0 spiro atoms. The second-order valence-corrected chi connectivity index (χ2v) is 7.65. The summed E-state index contributed by atoms with van der Waals surface area (Å²) in [4.78, 5) is 2.70. The predicted octanol–water partition coefficient (Wildman–Crippen LogP) is 5.51. The molecule has 0 saturated carbocycles. The van der Waals surface area contributed by atoms with E-state index in [1.54, 1.807) is 22.7 Å². The minimum atomic E-state index is 0.369. The van der Waals surface area contributed by atoms with Gasteiger partial charge in [0.15, 0.2) is 0 Å². The van der Waals surface area contributed by atoms with Crippen LogP contribution in [-0.4, -0.2) is 6.54 Å². The molecule has 1 nitrogen and oxygen atoms in total. The third-order valence-corrected chi connectivity index (χ3v) is 5.87. The van der Waals surface area contributed by atoms with Crippen LogP contribution in [0.5, 0.6) is 0 Å². The fraction of sp³-hybridized carbons (Fsp3) is 0.385. The highest BCUT2D eigenvalue weighted by Crippen LogP contribution is 2.33. The minimum absolute atomic E-state index is 0.369. The molecule has 18 heavy (non-hydrogen) atoms. The van der Waals surface area contributed by atoms with Gasteiger partial charge in [-0.05, 0) is 52.5 Å². The normalized spacial score (nSPS) is 12.8. The van der Waals surface area contributed by atoms with E-state index in [-0.39, 0.29) is 0 Å². The molecular formula is C13H15BrClNS2. The zero-order valence-electron chi connectivity index (χ0n) is 10.1. The Hall–Kier alpha value is 0.130. The molecule has 2 aromatic rings. The Morgan fingerprint density at radius 1 is 1.39 bits per heavy atom. The number of nitrogens with one attached hydrogen (secondary N) is 1. The predicted molar refractivity (Wildman–Crippen MR) is 86.1 cm³/mol. The lowest BCUT2D eigenvalue weighted by atomic mass is 10.1. The van der Waals surface area contributed by atoms with Gasteiger partial charge in [-0.25, -0.2) is 0 Å². The van der Waals surface area contributed by atoms with Crippen molar-refractivity contribution in [1.82, 2.24) is 5.32 Å². The molecule has 5 heteroatoms. The van der Waals surface area contributed by atoms with Crippen LogP contribution < -0.4 is 5.32 Å². The molecule has 0 aliphatic carbocycles. The Morgan fingerprint density at radius 3 is 2.78 bits per heavy atom. The third kappa shape index (κ3) is 3.81. The van der Waals surface area contributed by atoms with Gasteiger partial charge in [-0.1, -0.05) is 18.5 Å². The Balaban J connectivity index is 2.12. The van der Waals surface area contributed by atoms with E-state index in [4.69, 9.17) is 11.6 Å². The van der Waals surface area contributed by atoms with Crippen molar-refractivity contribution in [2.75, 3.05) is 6.54 Å². The van der Waals surface area contributed by atoms with Crippen molar-refractivity contribution < 1.29 is 0 Å². The molecule has 0 aliphatic heterocycles. The Labute approximate surface area is 129 Å². The van der Waals surface area contributed by atoms with Gasteiger partial charge in [0.1, 0.15) is 0 Å². The van der Waals surface area contributed by atoms with Crippen molar-refractivity contribution in [2.24, 2.45) is 0 Å². The van der Waals surface area contributed by atoms with Crippen molar-refractivity contribution in [3.8, 4) is 0 Å². The summed E-state index contributed by atoms with van der Waals surface area (Å²) in [7, 11) is 0. The first-order chi connectivity index (χ1) is 8.70. The van der Waals surface area contributed by atoms with Crippen LogP contribution in [0.4, 0.5) is 0 Å². The van der Waals surface area contributed by atoms with Gasteiger partial charge in [-0.2, -0.15) is 0 Å². The zero-order chi connectivity index (χ0) is 13.0. The number of rotatable bonds is 6. The van der Waals surface area contributed by atoms with Gasteiger partial charge in [-0.3, -0.25) is 0 Å². The van der Waals surface area contributed by atoms with E-state index in [0.717, 1.165) is 23.7 Å². The number of thiophene rings is 2. The van der Waals surface area contributed by atoms with Gasteiger partial charge in [0.25, 0.3) is 0 Å². The first-order valence-electron chi connectivity index (χ1n) is 5.91. The summed E-state index contributed by atoms with van der Waals surface area (Å²) >= 11 is 13.1. The monoisotopic (exact) mass is 363 g/mol. The molecule has 1 unspecified atom stereocenters. The van der Waals surface area contributed by atoms with Crippen LogP contribution in [0.15, 0.2) is 28.1 Å². The van der Waals surface area contributed by atoms with Gasteiger partial charge < -0.3 is 5.32 Å². The number of hydrogen-bond donors (Lipinski definition) is 1. The summed E-state index contributed by atoms with van der Waals surface area (Å²) in [5, 5.41) is 5.74. The lowest BCUT2D eigenvalue weighted by Crippen LogP contribution is -2.23. The maximum absolute atomic E-state index is 6.00. The van der Waals surface area contributed by atoms with E-state index < -0.39 is 0 Å². The second-order valence-electron chi connectivity index (χ2n) is 4.05. The molecule has 1 atom stereocenters. The third-order valence-electron chi connectivity index (χ3n) is 2.64. The Kier molecular flexibility index (Phi) is 5.70. The molecule has 98 valence electrons. The molecule has 0 amide bonds. The maximum atomic E-state index is 6.00. The van der Waals surface area contributed by atoms with Gasteiger partial charge >= 0.3 is 0 Å². The van der Waals surface area contributed by atoms with Crippen molar-refractivity contribution in [2.45, 2.75) is 25.8 Å². The average molecular weight is 365 g/mol. The molecule has 0 bridgehead atoms. The van der Waals surface area contributed by atoms with Crippen LogP contribution in [0.25, 0.3) is 0 Å². The van der Waals surface area contributed by atoms with E-state index in [1.807, 2.05) is 6.07 Å². The summed E-state index contributed by atoms with van der Waals surface area (Å²) in [6.07, 6.45) is 2.14. The largest absolute Gasteiger partial charge is 0.309 e. The summed E-state index contributed by atoms with van der Waals surface area (Å²) in [5.74, 6) is 0. The molecule has 2 heterocycles. The van der Waals surface area contributed by atoms with Crippen LogP contribution in [0.3, 0.4) is 0 Å². The van der Waals surface area contributed by atoms with Crippen molar-refractivity contribution in [1.29, 1.82) is 0 Å². The SMILES string of the molecule is CCCNC(Cc1ccc(Cl)s1)c1sccc1Br. The second kappa shape index (κ2) is 7.06. The van der Waals surface area contributed by atoms with Crippen LogP contribution in [0.1, 0.15) is 29.1 Å². The first-order valence-corrected chi connectivity index (χ1v) is 8.78. The molecule has 2 aromatic heterocycles. The molecule has 2 rings (SSSR count). The number of halogens is 2. The van der Waals surface area contributed by atoms with Crippen LogP contribution in [0, 0.1) is 0 Å². The smallest absolute Gasteiger partial charge is 0.0931 e. The van der Waals surface area contributed by atoms with E-state index in [1.165, 1.54) is 14.2 Å².